The number of pyridine rings is 2. The van der Waals surface area contributed by atoms with Gasteiger partial charge in [0.15, 0.2) is 0 Å². The molecule has 2 heterocycles. The van der Waals surface area contributed by atoms with E-state index in [9.17, 15) is 8.42 Å². The molecule has 0 radical (unpaired) electrons. The quantitative estimate of drug-likeness (QED) is 0.188. The van der Waals surface area contributed by atoms with Gasteiger partial charge < -0.3 is 9.47 Å². The first-order valence-corrected chi connectivity index (χ1v) is 15.6. The highest BCUT2D eigenvalue weighted by Gasteiger charge is 2.23. The first-order valence-electron chi connectivity index (χ1n) is 14.1. The SMILES string of the molecule is CCCCc1cc2ccccc2c(OCC[N+](C)(C)c2ccc(-c3cncc4c(S(N)(=O)=O)cccc34)c(OC)c2)n1. The largest absolute Gasteiger partial charge is 0.496 e. The van der Waals surface area contributed by atoms with Gasteiger partial charge in [0, 0.05) is 46.1 Å². The van der Waals surface area contributed by atoms with E-state index >= 15 is 0 Å². The molecule has 8 nitrogen and oxygen atoms in total. The van der Waals surface area contributed by atoms with Gasteiger partial charge in [0.25, 0.3) is 0 Å². The van der Waals surface area contributed by atoms with E-state index in [1.807, 2.05) is 30.3 Å². The zero-order chi connectivity index (χ0) is 29.9. The molecule has 218 valence electrons. The molecule has 0 fully saturated rings. The van der Waals surface area contributed by atoms with Gasteiger partial charge in [-0.3, -0.25) is 9.47 Å². The summed E-state index contributed by atoms with van der Waals surface area (Å²) < 4.78 is 37.0. The van der Waals surface area contributed by atoms with Crippen LogP contribution in [0.25, 0.3) is 32.7 Å². The van der Waals surface area contributed by atoms with Crippen LogP contribution in [0.15, 0.2) is 84.0 Å². The molecule has 0 spiro atoms. The number of primary sulfonamides is 1. The monoisotopic (exact) mass is 585 g/mol. The Morgan fingerprint density at radius 3 is 2.45 bits per heavy atom. The molecular formula is C33H37N4O4S+. The molecule has 2 aromatic heterocycles. The lowest BCUT2D eigenvalue weighted by Gasteiger charge is -2.30. The van der Waals surface area contributed by atoms with Crippen molar-refractivity contribution in [2.75, 3.05) is 34.4 Å². The summed E-state index contributed by atoms with van der Waals surface area (Å²) in [7, 11) is 1.97. The van der Waals surface area contributed by atoms with E-state index in [1.165, 1.54) is 12.3 Å². The van der Waals surface area contributed by atoms with Crippen LogP contribution in [0.2, 0.25) is 0 Å². The van der Waals surface area contributed by atoms with Crippen LogP contribution in [-0.4, -0.2) is 52.7 Å². The standard InChI is InChI=1S/C33H37N4O4S/c1-5-6-11-24-19-23-10-7-8-12-26(23)33(36-24)41-18-17-37(2,3)25-15-16-28(31(20-25)40-4)29-21-35-22-30-27(29)13-9-14-32(30)42(34,38)39/h7-10,12-16,19-22H,5-6,11,17-18H2,1-4H3,(H2,34,38,39)/q+1. The number of nitrogens with zero attached hydrogens (tertiary/aromatic N) is 3. The molecule has 0 aliphatic heterocycles. The summed E-state index contributed by atoms with van der Waals surface area (Å²) in [5.41, 5.74) is 3.66. The van der Waals surface area contributed by atoms with Crippen LogP contribution in [0.3, 0.4) is 0 Å². The van der Waals surface area contributed by atoms with Crippen molar-refractivity contribution in [2.45, 2.75) is 31.1 Å². The maximum atomic E-state index is 12.2. The fourth-order valence-electron chi connectivity index (χ4n) is 5.23. The summed E-state index contributed by atoms with van der Waals surface area (Å²) in [6.07, 6.45) is 6.38. The second-order valence-electron chi connectivity index (χ2n) is 11.0. The molecule has 0 aliphatic rings. The number of fused-ring (bicyclic) bond motifs is 2. The fraction of sp³-hybridized carbons (Fsp3) is 0.273. The average molecular weight is 586 g/mol. The van der Waals surface area contributed by atoms with E-state index in [-0.39, 0.29) is 4.90 Å². The second kappa shape index (κ2) is 12.1. The van der Waals surface area contributed by atoms with Crippen LogP contribution in [0.4, 0.5) is 5.69 Å². The number of ether oxygens (including phenoxy) is 2. The van der Waals surface area contributed by atoms with Crippen LogP contribution in [-0.2, 0) is 16.4 Å². The summed E-state index contributed by atoms with van der Waals surface area (Å²) in [5.74, 6) is 1.33. The third-order valence-corrected chi connectivity index (χ3v) is 8.65. The first-order chi connectivity index (χ1) is 20.1. The van der Waals surface area contributed by atoms with Crippen molar-refractivity contribution in [3.05, 3.63) is 84.8 Å². The van der Waals surface area contributed by atoms with Crippen LogP contribution >= 0.6 is 0 Å². The molecule has 0 saturated heterocycles. The second-order valence-corrected chi connectivity index (χ2v) is 12.5. The number of quaternary nitrogens is 1. The van der Waals surface area contributed by atoms with Gasteiger partial charge in [-0.05, 0) is 53.9 Å². The number of rotatable bonds is 11. The number of unbranched alkanes of at least 4 members (excludes halogenated alkanes) is 1. The van der Waals surface area contributed by atoms with Gasteiger partial charge in [0.1, 0.15) is 24.6 Å². The minimum Gasteiger partial charge on any atom is -0.496 e. The predicted molar refractivity (Wildman–Crippen MR) is 169 cm³/mol. The number of aromatic nitrogens is 2. The van der Waals surface area contributed by atoms with Crippen LogP contribution in [0.1, 0.15) is 25.5 Å². The van der Waals surface area contributed by atoms with Crippen molar-refractivity contribution in [1.82, 2.24) is 14.5 Å². The number of likely N-dealkylation sites (N-methyl/N-ethyl adjacent to an activating group) is 1. The van der Waals surface area contributed by atoms with Crippen LogP contribution < -0.4 is 19.1 Å². The summed E-state index contributed by atoms with van der Waals surface area (Å²) >= 11 is 0. The van der Waals surface area contributed by atoms with E-state index in [2.05, 4.69) is 50.3 Å². The number of hydrogen-bond acceptors (Lipinski definition) is 6. The van der Waals surface area contributed by atoms with E-state index in [0.29, 0.717) is 34.7 Å². The minimum atomic E-state index is -3.91. The molecule has 42 heavy (non-hydrogen) atoms. The van der Waals surface area contributed by atoms with Gasteiger partial charge in [-0.1, -0.05) is 43.7 Å². The molecule has 0 saturated carbocycles. The number of sulfonamides is 1. The molecule has 5 rings (SSSR count). The van der Waals surface area contributed by atoms with Crippen molar-refractivity contribution in [2.24, 2.45) is 5.14 Å². The third-order valence-electron chi connectivity index (χ3n) is 7.68. The molecule has 2 N–H and O–H groups in total. The Morgan fingerprint density at radius 2 is 1.69 bits per heavy atom. The Morgan fingerprint density at radius 1 is 0.905 bits per heavy atom. The Kier molecular flexibility index (Phi) is 8.45. The number of nitrogens with two attached hydrogens (primary N) is 1. The fourth-order valence-corrected chi connectivity index (χ4v) is 5.96. The Labute approximate surface area is 247 Å². The smallest absolute Gasteiger partial charge is 0.238 e. The highest BCUT2D eigenvalue weighted by Crippen LogP contribution is 2.39. The lowest BCUT2D eigenvalue weighted by molar-refractivity contribution is 0.255. The molecule has 5 aromatic rings. The molecule has 0 amide bonds. The zero-order valence-corrected chi connectivity index (χ0v) is 25.3. The Bertz CT molecular complexity index is 1850. The van der Waals surface area contributed by atoms with Crippen molar-refractivity contribution in [3.8, 4) is 22.8 Å². The number of methoxy groups -OCH3 is 1. The number of aryl methyl sites for hydroxylation is 1. The molecule has 0 atom stereocenters. The van der Waals surface area contributed by atoms with Gasteiger partial charge in [0.2, 0.25) is 15.9 Å². The normalized spacial score (nSPS) is 12.1. The lowest BCUT2D eigenvalue weighted by Crippen LogP contribution is -2.43. The van der Waals surface area contributed by atoms with Crippen LogP contribution in [0, 0.1) is 0 Å². The topological polar surface area (TPSA) is 104 Å². The maximum Gasteiger partial charge on any atom is 0.238 e. The van der Waals surface area contributed by atoms with Crippen molar-refractivity contribution in [3.63, 3.8) is 0 Å². The molecule has 0 bridgehead atoms. The summed E-state index contributed by atoms with van der Waals surface area (Å²) in [6, 6.07) is 21.5. The van der Waals surface area contributed by atoms with Gasteiger partial charge in [-0.25, -0.2) is 18.5 Å². The zero-order valence-electron chi connectivity index (χ0n) is 24.5. The first kappa shape index (κ1) is 29.4. The van der Waals surface area contributed by atoms with E-state index in [0.717, 1.165) is 57.9 Å². The molecule has 0 unspecified atom stereocenters. The van der Waals surface area contributed by atoms with Gasteiger partial charge in [-0.15, -0.1) is 0 Å². The average Bonchev–Trinajstić information content (AvgIpc) is 2.98. The summed E-state index contributed by atoms with van der Waals surface area (Å²) in [4.78, 5) is 9.21. The summed E-state index contributed by atoms with van der Waals surface area (Å²) in [6.45, 7) is 3.36. The Balaban J connectivity index is 1.41. The summed E-state index contributed by atoms with van der Waals surface area (Å²) in [5, 5.41) is 8.82. The minimum absolute atomic E-state index is 0.0425. The van der Waals surface area contributed by atoms with Gasteiger partial charge in [0.05, 0.1) is 26.1 Å². The van der Waals surface area contributed by atoms with Gasteiger partial charge in [-0.2, -0.15) is 0 Å². The third kappa shape index (κ3) is 6.09. The van der Waals surface area contributed by atoms with Crippen molar-refractivity contribution < 1.29 is 17.9 Å². The maximum absolute atomic E-state index is 12.2. The predicted octanol–water partition coefficient (Wildman–Crippen LogP) is 6.09. The van der Waals surface area contributed by atoms with E-state index in [1.54, 1.807) is 19.4 Å². The van der Waals surface area contributed by atoms with E-state index in [4.69, 9.17) is 19.6 Å². The van der Waals surface area contributed by atoms with Crippen molar-refractivity contribution in [1.29, 1.82) is 0 Å². The lowest BCUT2D eigenvalue weighted by atomic mass is 9.99. The van der Waals surface area contributed by atoms with Crippen LogP contribution in [0.5, 0.6) is 11.6 Å². The Hall–Kier alpha value is -4.05. The highest BCUT2D eigenvalue weighted by atomic mass is 32.2. The highest BCUT2D eigenvalue weighted by molar-refractivity contribution is 7.89. The molecule has 0 aliphatic carbocycles. The van der Waals surface area contributed by atoms with Gasteiger partial charge >= 0.3 is 0 Å². The van der Waals surface area contributed by atoms with Crippen molar-refractivity contribution >= 4 is 37.3 Å². The number of hydrogen-bond donors (Lipinski definition) is 1. The number of benzene rings is 3. The molecule has 3 aromatic carbocycles. The molecule has 9 heteroatoms. The van der Waals surface area contributed by atoms with E-state index < -0.39 is 10.0 Å². The molecular weight excluding hydrogens is 548 g/mol.